The molecule has 2 amide bonds. The second-order valence-corrected chi connectivity index (χ2v) is 7.91. The summed E-state index contributed by atoms with van der Waals surface area (Å²) in [5.41, 5.74) is 0.802. The molecule has 168 valence electrons. The van der Waals surface area contributed by atoms with E-state index in [1.165, 1.54) is 30.1 Å². The number of amides is 2. The van der Waals surface area contributed by atoms with E-state index in [-0.39, 0.29) is 17.9 Å². The molecule has 0 saturated heterocycles. The first-order valence-electron chi connectivity index (χ1n) is 9.78. The van der Waals surface area contributed by atoms with Crippen molar-refractivity contribution in [1.29, 1.82) is 0 Å². The van der Waals surface area contributed by atoms with Gasteiger partial charge in [0.2, 0.25) is 0 Å². The molecule has 0 aromatic heterocycles. The van der Waals surface area contributed by atoms with E-state index in [1.807, 2.05) is 32.0 Å². The lowest BCUT2D eigenvalue weighted by Crippen LogP contribution is -2.43. The minimum atomic E-state index is -4.80. The third-order valence-electron chi connectivity index (χ3n) is 4.96. The Balaban J connectivity index is 1.61. The van der Waals surface area contributed by atoms with Crippen LogP contribution in [-0.2, 0) is 12.0 Å². The summed E-state index contributed by atoms with van der Waals surface area (Å²) >= 11 is 0. The lowest BCUT2D eigenvalue weighted by Gasteiger charge is -2.29. The number of urea groups is 1. The molecule has 1 heterocycles. The number of ether oxygens (including phenoxy) is 3. The number of carbonyl (C=O) groups excluding carboxylic acids is 1. The van der Waals surface area contributed by atoms with Gasteiger partial charge in [0.25, 0.3) is 0 Å². The number of hydrogen-bond donors (Lipinski definition) is 1. The molecular formula is C22H25F3N2O4. The SMILES string of the molecule is CN(Cc1ccccc1OC(F)(F)F)C(=O)NCC(C)(C)c1ccc2c(c1)OCCO2. The molecule has 0 bridgehead atoms. The van der Waals surface area contributed by atoms with Crippen molar-refractivity contribution in [3.8, 4) is 17.2 Å². The number of nitrogens with one attached hydrogen (secondary N) is 1. The predicted octanol–water partition coefficient (Wildman–Crippen LogP) is 4.48. The third-order valence-corrected chi connectivity index (χ3v) is 4.96. The normalized spacial score (nSPS) is 13.5. The zero-order valence-corrected chi connectivity index (χ0v) is 17.6. The standard InChI is InChI=1S/C22H25F3N2O4/c1-21(2,16-8-9-18-19(12-16)30-11-10-29-18)14-26-20(28)27(3)13-15-6-4-5-7-17(15)31-22(23,24)25/h4-9,12H,10-11,13-14H2,1-3H3,(H,26,28). The number of hydrogen-bond acceptors (Lipinski definition) is 4. The topological polar surface area (TPSA) is 60.0 Å². The molecule has 1 aliphatic heterocycles. The number of carbonyl (C=O) groups is 1. The molecule has 0 unspecified atom stereocenters. The first kappa shape index (κ1) is 22.6. The van der Waals surface area contributed by atoms with Crippen molar-refractivity contribution in [2.45, 2.75) is 32.2 Å². The molecule has 2 aromatic rings. The second kappa shape index (κ2) is 8.95. The Bertz CT molecular complexity index is 931. The fourth-order valence-electron chi connectivity index (χ4n) is 3.18. The molecule has 2 aromatic carbocycles. The van der Waals surface area contributed by atoms with Gasteiger partial charge in [-0.1, -0.05) is 38.1 Å². The van der Waals surface area contributed by atoms with E-state index < -0.39 is 17.8 Å². The lowest BCUT2D eigenvalue weighted by atomic mass is 9.84. The summed E-state index contributed by atoms with van der Waals surface area (Å²) in [6, 6.07) is 11.0. The van der Waals surface area contributed by atoms with Crippen LogP contribution in [0.25, 0.3) is 0 Å². The number of fused-ring (bicyclic) bond motifs is 1. The quantitative estimate of drug-likeness (QED) is 0.723. The van der Waals surface area contributed by atoms with Crippen molar-refractivity contribution < 1.29 is 32.2 Å². The van der Waals surface area contributed by atoms with E-state index in [1.54, 1.807) is 6.07 Å². The average Bonchev–Trinajstić information content (AvgIpc) is 2.72. The Labute approximate surface area is 178 Å². The highest BCUT2D eigenvalue weighted by molar-refractivity contribution is 5.74. The van der Waals surface area contributed by atoms with Crippen molar-refractivity contribution in [2.75, 3.05) is 26.8 Å². The van der Waals surface area contributed by atoms with Crippen molar-refractivity contribution in [3.63, 3.8) is 0 Å². The molecule has 0 atom stereocenters. The van der Waals surface area contributed by atoms with Crippen LogP contribution in [0.15, 0.2) is 42.5 Å². The van der Waals surface area contributed by atoms with Crippen LogP contribution >= 0.6 is 0 Å². The van der Waals surface area contributed by atoms with E-state index in [4.69, 9.17) is 9.47 Å². The average molecular weight is 438 g/mol. The molecule has 1 aliphatic rings. The fraction of sp³-hybridized carbons (Fsp3) is 0.409. The summed E-state index contributed by atoms with van der Waals surface area (Å²) in [6.07, 6.45) is -4.80. The second-order valence-electron chi connectivity index (χ2n) is 7.91. The third kappa shape index (κ3) is 5.96. The van der Waals surface area contributed by atoms with E-state index in [0.717, 1.165) is 5.56 Å². The highest BCUT2D eigenvalue weighted by Gasteiger charge is 2.32. The Morgan fingerprint density at radius 1 is 1.10 bits per heavy atom. The van der Waals surface area contributed by atoms with Gasteiger partial charge in [0.1, 0.15) is 19.0 Å². The highest BCUT2D eigenvalue weighted by atomic mass is 19.4. The molecule has 1 N–H and O–H groups in total. The Hall–Kier alpha value is -3.10. The molecular weight excluding hydrogens is 413 g/mol. The zero-order chi connectivity index (χ0) is 22.6. The van der Waals surface area contributed by atoms with Gasteiger partial charge >= 0.3 is 12.4 Å². The fourth-order valence-corrected chi connectivity index (χ4v) is 3.18. The summed E-state index contributed by atoms with van der Waals surface area (Å²) in [7, 11) is 1.51. The molecule has 0 saturated carbocycles. The van der Waals surface area contributed by atoms with Gasteiger partial charge in [0.15, 0.2) is 11.5 Å². The molecule has 0 aliphatic carbocycles. The van der Waals surface area contributed by atoms with Gasteiger partial charge in [-0.05, 0) is 23.8 Å². The smallest absolute Gasteiger partial charge is 0.486 e. The number of nitrogens with zero attached hydrogens (tertiary/aromatic N) is 1. The molecule has 6 nitrogen and oxygen atoms in total. The summed E-state index contributed by atoms with van der Waals surface area (Å²) in [5, 5.41) is 2.84. The van der Waals surface area contributed by atoms with Gasteiger partial charge in [-0.2, -0.15) is 0 Å². The largest absolute Gasteiger partial charge is 0.573 e. The van der Waals surface area contributed by atoms with Crippen LogP contribution < -0.4 is 19.5 Å². The van der Waals surface area contributed by atoms with Gasteiger partial charge in [-0.3, -0.25) is 0 Å². The van der Waals surface area contributed by atoms with Crippen LogP contribution in [0.3, 0.4) is 0 Å². The van der Waals surface area contributed by atoms with Gasteiger partial charge in [0, 0.05) is 24.6 Å². The number of rotatable bonds is 6. The van der Waals surface area contributed by atoms with Crippen molar-refractivity contribution in [3.05, 3.63) is 53.6 Å². The van der Waals surface area contributed by atoms with Crippen molar-refractivity contribution >= 4 is 6.03 Å². The maximum atomic E-state index is 12.6. The van der Waals surface area contributed by atoms with Gasteiger partial charge in [0.05, 0.1) is 6.54 Å². The van der Waals surface area contributed by atoms with Crippen LogP contribution in [0.2, 0.25) is 0 Å². The number of benzene rings is 2. The summed E-state index contributed by atoms with van der Waals surface area (Å²) in [4.78, 5) is 13.9. The summed E-state index contributed by atoms with van der Waals surface area (Å²) in [6.45, 7) is 5.22. The van der Waals surface area contributed by atoms with Crippen LogP contribution in [0.1, 0.15) is 25.0 Å². The molecule has 0 fully saturated rings. The first-order chi connectivity index (χ1) is 14.5. The Morgan fingerprint density at radius 3 is 2.48 bits per heavy atom. The minimum absolute atomic E-state index is 0.0391. The minimum Gasteiger partial charge on any atom is -0.486 e. The van der Waals surface area contributed by atoms with Crippen LogP contribution in [0.4, 0.5) is 18.0 Å². The molecule has 31 heavy (non-hydrogen) atoms. The highest BCUT2D eigenvalue weighted by Crippen LogP contribution is 2.35. The lowest BCUT2D eigenvalue weighted by molar-refractivity contribution is -0.275. The van der Waals surface area contributed by atoms with E-state index >= 15 is 0 Å². The monoisotopic (exact) mass is 438 g/mol. The molecule has 0 radical (unpaired) electrons. The summed E-state index contributed by atoms with van der Waals surface area (Å²) < 4.78 is 53.0. The summed E-state index contributed by atoms with van der Waals surface area (Å²) in [5.74, 6) is 1.03. The Morgan fingerprint density at radius 2 is 1.77 bits per heavy atom. The number of para-hydroxylation sites is 1. The Kier molecular flexibility index (Phi) is 6.52. The molecule has 9 heteroatoms. The van der Waals surface area contributed by atoms with E-state index in [2.05, 4.69) is 10.1 Å². The first-order valence-corrected chi connectivity index (χ1v) is 9.78. The molecule has 3 rings (SSSR count). The zero-order valence-electron chi connectivity index (χ0n) is 17.6. The predicted molar refractivity (Wildman–Crippen MR) is 108 cm³/mol. The van der Waals surface area contributed by atoms with Gasteiger partial charge in [-0.25, -0.2) is 4.79 Å². The molecule has 0 spiro atoms. The van der Waals surface area contributed by atoms with Crippen LogP contribution in [0, 0.1) is 0 Å². The maximum absolute atomic E-state index is 12.6. The van der Waals surface area contributed by atoms with E-state index in [0.29, 0.717) is 31.3 Å². The van der Waals surface area contributed by atoms with Crippen molar-refractivity contribution in [1.82, 2.24) is 10.2 Å². The number of alkyl halides is 3. The maximum Gasteiger partial charge on any atom is 0.573 e. The van der Waals surface area contributed by atoms with Crippen LogP contribution in [-0.4, -0.2) is 44.1 Å². The van der Waals surface area contributed by atoms with Gasteiger partial charge in [-0.15, -0.1) is 13.2 Å². The van der Waals surface area contributed by atoms with Crippen molar-refractivity contribution in [2.24, 2.45) is 0 Å². The van der Waals surface area contributed by atoms with E-state index in [9.17, 15) is 18.0 Å². The van der Waals surface area contributed by atoms with Crippen LogP contribution in [0.5, 0.6) is 17.2 Å². The number of halogens is 3. The van der Waals surface area contributed by atoms with Gasteiger partial charge < -0.3 is 24.4 Å².